The average molecular weight is 479 g/mol. The van der Waals surface area contributed by atoms with Crippen LogP contribution in [0, 0.1) is 10.1 Å². The van der Waals surface area contributed by atoms with Crippen molar-refractivity contribution in [2.45, 2.75) is 19.5 Å². The Morgan fingerprint density at radius 2 is 1.85 bits per heavy atom. The van der Waals surface area contributed by atoms with E-state index < -0.39 is 39.3 Å². The number of ether oxygens (including phenoxy) is 1. The van der Waals surface area contributed by atoms with Gasteiger partial charge in [-0.05, 0) is 30.7 Å². The maximum Gasteiger partial charge on any atom is 0.271 e. The zero-order valence-electron chi connectivity index (χ0n) is 18.7. The minimum Gasteiger partial charge on any atom is -0.497 e. The summed E-state index contributed by atoms with van der Waals surface area (Å²) in [6.07, 6.45) is 0.897. The summed E-state index contributed by atoms with van der Waals surface area (Å²) in [4.78, 5) is 37.3. The van der Waals surface area contributed by atoms with Crippen LogP contribution in [0.1, 0.15) is 12.5 Å². The summed E-state index contributed by atoms with van der Waals surface area (Å²) in [5, 5.41) is 13.6. The van der Waals surface area contributed by atoms with Gasteiger partial charge in [0.1, 0.15) is 18.3 Å². The number of amides is 2. The van der Waals surface area contributed by atoms with Crippen molar-refractivity contribution in [1.29, 1.82) is 0 Å². The topological polar surface area (TPSA) is 139 Å². The van der Waals surface area contributed by atoms with Gasteiger partial charge >= 0.3 is 0 Å². The van der Waals surface area contributed by atoms with Crippen molar-refractivity contribution in [3.05, 3.63) is 64.2 Å². The highest BCUT2D eigenvalue weighted by molar-refractivity contribution is 7.92. The Labute approximate surface area is 192 Å². The monoisotopic (exact) mass is 478 g/mol. The van der Waals surface area contributed by atoms with E-state index in [1.807, 2.05) is 0 Å². The molecule has 0 fully saturated rings. The highest BCUT2D eigenvalue weighted by Crippen LogP contribution is 2.24. The molecule has 0 bridgehead atoms. The molecule has 1 unspecified atom stereocenters. The van der Waals surface area contributed by atoms with Gasteiger partial charge in [0.2, 0.25) is 21.8 Å². The van der Waals surface area contributed by atoms with Crippen LogP contribution in [-0.2, 0) is 26.2 Å². The molecule has 0 aliphatic rings. The van der Waals surface area contributed by atoms with Crippen LogP contribution in [0.4, 0.5) is 11.4 Å². The molecule has 0 aliphatic heterocycles. The Morgan fingerprint density at radius 1 is 1.18 bits per heavy atom. The van der Waals surface area contributed by atoms with E-state index in [2.05, 4.69) is 5.32 Å². The van der Waals surface area contributed by atoms with E-state index >= 15 is 0 Å². The van der Waals surface area contributed by atoms with Crippen molar-refractivity contribution in [2.24, 2.45) is 0 Å². The Balaban J connectivity index is 2.42. The van der Waals surface area contributed by atoms with Gasteiger partial charge in [-0.3, -0.25) is 24.0 Å². The summed E-state index contributed by atoms with van der Waals surface area (Å²) >= 11 is 0. The van der Waals surface area contributed by atoms with Gasteiger partial charge in [0.15, 0.2) is 0 Å². The minimum absolute atomic E-state index is 0.0111. The first-order valence-corrected chi connectivity index (χ1v) is 11.7. The number of anilines is 1. The van der Waals surface area contributed by atoms with Gasteiger partial charge in [-0.15, -0.1) is 0 Å². The van der Waals surface area contributed by atoms with Crippen molar-refractivity contribution in [3.8, 4) is 5.75 Å². The number of nitro benzene ring substituents is 1. The third-order valence-corrected chi connectivity index (χ3v) is 6.05. The molecule has 0 spiro atoms. The number of non-ortho nitro benzene ring substituents is 1. The highest BCUT2D eigenvalue weighted by Gasteiger charge is 2.30. The molecule has 0 aromatic heterocycles. The summed E-state index contributed by atoms with van der Waals surface area (Å²) in [6, 6.07) is 11.0. The molecule has 2 rings (SSSR count). The zero-order chi connectivity index (χ0) is 24.8. The van der Waals surface area contributed by atoms with Crippen LogP contribution in [0.3, 0.4) is 0 Å². The van der Waals surface area contributed by atoms with Gasteiger partial charge < -0.3 is 15.0 Å². The van der Waals surface area contributed by atoms with Gasteiger partial charge in [-0.2, -0.15) is 0 Å². The molecule has 0 saturated carbocycles. The average Bonchev–Trinajstić information content (AvgIpc) is 2.79. The van der Waals surface area contributed by atoms with Crippen molar-refractivity contribution in [2.75, 3.05) is 31.3 Å². The second-order valence-corrected chi connectivity index (χ2v) is 9.12. The molecular weight excluding hydrogens is 452 g/mol. The lowest BCUT2D eigenvalue weighted by Gasteiger charge is -2.31. The lowest BCUT2D eigenvalue weighted by atomic mass is 10.1. The molecule has 2 aromatic rings. The van der Waals surface area contributed by atoms with Gasteiger partial charge in [0.25, 0.3) is 5.69 Å². The van der Waals surface area contributed by atoms with Crippen molar-refractivity contribution < 1.29 is 27.7 Å². The number of hydrogen-bond donors (Lipinski definition) is 1. The molecule has 1 atom stereocenters. The molecule has 2 aromatic carbocycles. The smallest absolute Gasteiger partial charge is 0.271 e. The molecule has 178 valence electrons. The maximum atomic E-state index is 13.3. The standard InChI is InChI=1S/C21H26N4O7S/c1-15(21(27)22-2)23(13-16-7-5-10-19(11-16)32-3)20(26)14-24(33(4,30)31)17-8-6-9-18(12-17)25(28)29/h5-12,15H,13-14H2,1-4H3,(H,22,27). The van der Waals surface area contributed by atoms with E-state index in [4.69, 9.17) is 4.74 Å². The molecule has 0 saturated heterocycles. The summed E-state index contributed by atoms with van der Waals surface area (Å²) in [7, 11) is -1.05. The Morgan fingerprint density at radius 3 is 2.42 bits per heavy atom. The van der Waals surface area contributed by atoms with Crippen LogP contribution in [0.2, 0.25) is 0 Å². The fraction of sp³-hybridized carbons (Fsp3) is 0.333. The van der Waals surface area contributed by atoms with Crippen molar-refractivity contribution in [3.63, 3.8) is 0 Å². The molecule has 12 heteroatoms. The van der Waals surface area contributed by atoms with Crippen molar-refractivity contribution in [1.82, 2.24) is 10.2 Å². The summed E-state index contributed by atoms with van der Waals surface area (Å²) in [6.45, 7) is 0.886. The molecule has 0 radical (unpaired) electrons. The first-order valence-electron chi connectivity index (χ1n) is 9.84. The maximum absolute atomic E-state index is 13.3. The van der Waals surface area contributed by atoms with Gasteiger partial charge in [-0.1, -0.05) is 18.2 Å². The number of benzene rings is 2. The van der Waals surface area contributed by atoms with Crippen LogP contribution in [0.15, 0.2) is 48.5 Å². The third kappa shape index (κ3) is 6.65. The van der Waals surface area contributed by atoms with E-state index in [1.165, 1.54) is 44.2 Å². The highest BCUT2D eigenvalue weighted by atomic mass is 32.2. The molecular formula is C21H26N4O7S. The fourth-order valence-corrected chi connectivity index (χ4v) is 3.98. The van der Waals surface area contributed by atoms with Crippen LogP contribution in [-0.4, -0.2) is 63.1 Å². The number of nitro groups is 1. The van der Waals surface area contributed by atoms with Crippen LogP contribution < -0.4 is 14.4 Å². The number of hydrogen-bond acceptors (Lipinski definition) is 7. The number of likely N-dealkylation sites (N-methyl/N-ethyl adjacent to an activating group) is 1. The van der Waals surface area contributed by atoms with E-state index in [0.29, 0.717) is 11.3 Å². The summed E-state index contributed by atoms with van der Waals surface area (Å²) in [5.41, 5.74) is 0.314. The second-order valence-electron chi connectivity index (χ2n) is 7.21. The SMILES string of the molecule is CNC(=O)C(C)N(Cc1cccc(OC)c1)C(=O)CN(c1cccc([N+](=O)[O-])c1)S(C)(=O)=O. The molecule has 1 N–H and O–H groups in total. The summed E-state index contributed by atoms with van der Waals surface area (Å²) < 4.78 is 30.9. The second kappa shape index (κ2) is 10.8. The van der Waals surface area contributed by atoms with E-state index in [0.717, 1.165) is 16.6 Å². The number of sulfonamides is 1. The van der Waals surface area contributed by atoms with Crippen molar-refractivity contribution >= 4 is 33.2 Å². The quantitative estimate of drug-likeness (QED) is 0.403. The van der Waals surface area contributed by atoms with Crippen LogP contribution in [0.25, 0.3) is 0 Å². The third-order valence-electron chi connectivity index (χ3n) is 4.91. The molecule has 0 aliphatic carbocycles. The molecule has 2 amide bonds. The summed E-state index contributed by atoms with van der Waals surface area (Å²) in [5.74, 6) is -0.541. The molecule has 11 nitrogen and oxygen atoms in total. The molecule has 0 heterocycles. The lowest BCUT2D eigenvalue weighted by molar-refractivity contribution is -0.384. The normalized spacial score (nSPS) is 11.9. The van der Waals surface area contributed by atoms with Gasteiger partial charge in [0, 0.05) is 25.7 Å². The Kier molecular flexibility index (Phi) is 8.35. The Bertz CT molecular complexity index is 1140. The lowest BCUT2D eigenvalue weighted by Crippen LogP contribution is -2.50. The Hall–Kier alpha value is -3.67. The van der Waals surface area contributed by atoms with Gasteiger partial charge in [0.05, 0.1) is 24.0 Å². The van der Waals surface area contributed by atoms with E-state index in [1.54, 1.807) is 24.3 Å². The number of nitrogens with zero attached hydrogens (tertiary/aromatic N) is 3. The van der Waals surface area contributed by atoms with Crippen LogP contribution in [0.5, 0.6) is 5.75 Å². The van der Waals surface area contributed by atoms with E-state index in [-0.39, 0.29) is 17.9 Å². The zero-order valence-corrected chi connectivity index (χ0v) is 19.5. The van der Waals surface area contributed by atoms with E-state index in [9.17, 15) is 28.1 Å². The number of methoxy groups -OCH3 is 1. The van der Waals surface area contributed by atoms with Gasteiger partial charge in [-0.25, -0.2) is 8.42 Å². The number of carbonyl (C=O) groups is 2. The fourth-order valence-electron chi connectivity index (χ4n) is 3.13. The molecule has 33 heavy (non-hydrogen) atoms. The predicted molar refractivity (Wildman–Crippen MR) is 122 cm³/mol. The number of carbonyl (C=O) groups excluding carboxylic acids is 2. The van der Waals surface area contributed by atoms with Crippen LogP contribution >= 0.6 is 0 Å². The largest absolute Gasteiger partial charge is 0.497 e. The predicted octanol–water partition coefficient (Wildman–Crippen LogP) is 1.53. The first-order chi connectivity index (χ1) is 15.5. The number of nitrogens with one attached hydrogen (secondary N) is 1. The minimum atomic E-state index is -3.98. The first kappa shape index (κ1) is 25.6. The number of rotatable bonds is 10.